The van der Waals surface area contributed by atoms with Crippen LogP contribution >= 0.6 is 0 Å². The van der Waals surface area contributed by atoms with E-state index in [1.165, 1.54) is 17.2 Å². The maximum absolute atomic E-state index is 13.7. The van der Waals surface area contributed by atoms with E-state index in [0.717, 1.165) is 37.7 Å². The number of hydrogen-bond donors (Lipinski definition) is 1. The number of aromatic nitrogens is 2. The first kappa shape index (κ1) is 23.0. The summed E-state index contributed by atoms with van der Waals surface area (Å²) in [5.41, 5.74) is 0.918. The summed E-state index contributed by atoms with van der Waals surface area (Å²) in [5.74, 6) is -1.16. The number of rotatable bonds is 6. The second-order valence-corrected chi connectivity index (χ2v) is 9.04. The summed E-state index contributed by atoms with van der Waals surface area (Å²) in [6.45, 7) is 5.91. The Balaban J connectivity index is 1.73. The number of carbonyl (C=O) groups is 3. The number of fused-ring (bicyclic) bond motifs is 1. The molecule has 33 heavy (non-hydrogen) atoms. The smallest absolute Gasteiger partial charge is 0.358 e. The molecule has 0 spiro atoms. The van der Waals surface area contributed by atoms with Gasteiger partial charge < -0.3 is 10.1 Å². The molecule has 1 aromatic heterocycles. The third-order valence-corrected chi connectivity index (χ3v) is 6.67. The van der Waals surface area contributed by atoms with Crippen LogP contribution in [0.25, 0.3) is 0 Å². The molecule has 2 aromatic rings. The first-order chi connectivity index (χ1) is 15.9. The lowest BCUT2D eigenvalue weighted by Gasteiger charge is -2.44. The quantitative estimate of drug-likeness (QED) is 0.677. The molecule has 1 saturated carbocycles. The lowest BCUT2D eigenvalue weighted by atomic mass is 9.91. The SMILES string of the molecule is CCOC(=O)c1cc2n(n1)C[C@](C)(C(=O)NC1CCCCC1)N(c1ccc(CC)cc1)C2=O. The van der Waals surface area contributed by atoms with Crippen molar-refractivity contribution >= 4 is 23.5 Å². The Morgan fingerprint density at radius 3 is 2.48 bits per heavy atom. The van der Waals surface area contributed by atoms with Gasteiger partial charge in [0.1, 0.15) is 11.2 Å². The molecule has 2 heterocycles. The Labute approximate surface area is 194 Å². The molecule has 0 bridgehead atoms. The average molecular weight is 453 g/mol. The Hall–Kier alpha value is -3.16. The van der Waals surface area contributed by atoms with Crippen LogP contribution in [-0.2, 0) is 22.5 Å². The summed E-state index contributed by atoms with van der Waals surface area (Å²) < 4.78 is 6.52. The highest BCUT2D eigenvalue weighted by molar-refractivity contribution is 6.12. The number of nitrogens with zero attached hydrogens (tertiary/aromatic N) is 3. The molecule has 1 aliphatic carbocycles. The minimum Gasteiger partial charge on any atom is -0.461 e. The van der Waals surface area contributed by atoms with Crippen molar-refractivity contribution in [3.63, 3.8) is 0 Å². The van der Waals surface area contributed by atoms with Crippen LogP contribution in [-0.4, -0.2) is 45.8 Å². The topological polar surface area (TPSA) is 93.5 Å². The summed E-state index contributed by atoms with van der Waals surface area (Å²) in [7, 11) is 0. The molecule has 0 saturated heterocycles. The molecular weight excluding hydrogens is 420 g/mol. The Morgan fingerprint density at radius 2 is 1.85 bits per heavy atom. The van der Waals surface area contributed by atoms with E-state index in [-0.39, 0.29) is 42.4 Å². The lowest BCUT2D eigenvalue weighted by molar-refractivity contribution is -0.127. The van der Waals surface area contributed by atoms with Gasteiger partial charge in [0.25, 0.3) is 5.91 Å². The van der Waals surface area contributed by atoms with E-state index in [0.29, 0.717) is 5.69 Å². The predicted molar refractivity (Wildman–Crippen MR) is 124 cm³/mol. The zero-order valence-electron chi connectivity index (χ0n) is 19.6. The number of amides is 2. The Kier molecular flexibility index (Phi) is 6.54. The van der Waals surface area contributed by atoms with Crippen LogP contribution in [0.5, 0.6) is 0 Å². The number of anilines is 1. The van der Waals surface area contributed by atoms with E-state index in [4.69, 9.17) is 4.74 Å². The minimum absolute atomic E-state index is 0.0680. The van der Waals surface area contributed by atoms with Gasteiger partial charge in [0.15, 0.2) is 5.69 Å². The van der Waals surface area contributed by atoms with Gasteiger partial charge in [0.05, 0.1) is 13.2 Å². The third-order valence-electron chi connectivity index (χ3n) is 6.67. The van der Waals surface area contributed by atoms with Crippen molar-refractivity contribution in [1.29, 1.82) is 0 Å². The number of aryl methyl sites for hydroxylation is 1. The van der Waals surface area contributed by atoms with Gasteiger partial charge in [0.2, 0.25) is 5.91 Å². The molecule has 8 nitrogen and oxygen atoms in total. The minimum atomic E-state index is -1.20. The van der Waals surface area contributed by atoms with E-state index in [9.17, 15) is 14.4 Å². The monoisotopic (exact) mass is 452 g/mol. The number of nitrogens with one attached hydrogen (secondary N) is 1. The number of hydrogen-bond acceptors (Lipinski definition) is 5. The van der Waals surface area contributed by atoms with Gasteiger partial charge in [0, 0.05) is 17.8 Å². The van der Waals surface area contributed by atoms with Crippen molar-refractivity contribution in [1.82, 2.24) is 15.1 Å². The second-order valence-electron chi connectivity index (χ2n) is 9.04. The number of carbonyl (C=O) groups excluding carboxylic acids is 3. The fourth-order valence-electron chi connectivity index (χ4n) is 4.76. The van der Waals surface area contributed by atoms with Crippen LogP contribution in [0.2, 0.25) is 0 Å². The molecule has 0 radical (unpaired) electrons. The second kappa shape index (κ2) is 9.37. The van der Waals surface area contributed by atoms with Crippen LogP contribution in [0.3, 0.4) is 0 Å². The summed E-state index contributed by atoms with van der Waals surface area (Å²) in [5, 5.41) is 7.50. The zero-order chi connectivity index (χ0) is 23.6. The summed E-state index contributed by atoms with van der Waals surface area (Å²) in [6.07, 6.45) is 6.14. The summed E-state index contributed by atoms with van der Waals surface area (Å²) in [4.78, 5) is 41.2. The molecule has 1 aromatic carbocycles. The first-order valence-electron chi connectivity index (χ1n) is 11.9. The number of ether oxygens (including phenoxy) is 1. The van der Waals surface area contributed by atoms with Crippen LogP contribution < -0.4 is 10.2 Å². The van der Waals surface area contributed by atoms with E-state index in [2.05, 4.69) is 17.3 Å². The summed E-state index contributed by atoms with van der Waals surface area (Å²) in [6, 6.07) is 9.25. The molecule has 2 amide bonds. The molecule has 2 aliphatic rings. The molecule has 1 atom stereocenters. The molecule has 1 fully saturated rings. The molecular formula is C25H32N4O4. The molecule has 4 rings (SSSR count). The Bertz CT molecular complexity index is 1040. The molecule has 1 N–H and O–H groups in total. The van der Waals surface area contributed by atoms with Crippen LogP contribution in [0.4, 0.5) is 5.69 Å². The standard InChI is InChI=1S/C25H32N4O4/c1-4-17-11-13-19(14-12-17)29-22(30)21-15-20(23(31)33-5-2)27-28(21)16-25(29,3)24(32)26-18-9-7-6-8-10-18/h11-15,18H,4-10,16H2,1-3H3,(H,26,32)/t25-/m1/s1. The van der Waals surface area contributed by atoms with E-state index >= 15 is 0 Å². The van der Waals surface area contributed by atoms with Gasteiger partial charge in [-0.25, -0.2) is 4.79 Å². The van der Waals surface area contributed by atoms with E-state index < -0.39 is 11.5 Å². The summed E-state index contributed by atoms with van der Waals surface area (Å²) >= 11 is 0. The Morgan fingerprint density at radius 1 is 1.15 bits per heavy atom. The van der Waals surface area contributed by atoms with Gasteiger partial charge in [-0.1, -0.05) is 38.3 Å². The highest BCUT2D eigenvalue weighted by atomic mass is 16.5. The van der Waals surface area contributed by atoms with E-state index in [1.54, 1.807) is 18.7 Å². The highest BCUT2D eigenvalue weighted by Gasteiger charge is 2.49. The van der Waals surface area contributed by atoms with Gasteiger partial charge in [-0.05, 0) is 50.8 Å². The fraction of sp³-hybridized carbons (Fsp3) is 0.520. The lowest BCUT2D eigenvalue weighted by Crippen LogP contribution is -2.65. The van der Waals surface area contributed by atoms with Gasteiger partial charge in [-0.2, -0.15) is 5.10 Å². The van der Waals surface area contributed by atoms with Crippen molar-refractivity contribution in [2.24, 2.45) is 0 Å². The van der Waals surface area contributed by atoms with Crippen molar-refractivity contribution < 1.29 is 19.1 Å². The number of esters is 1. The zero-order valence-corrected chi connectivity index (χ0v) is 19.6. The van der Waals surface area contributed by atoms with E-state index in [1.807, 2.05) is 24.3 Å². The molecule has 176 valence electrons. The van der Waals surface area contributed by atoms with Crippen LogP contribution in [0, 0.1) is 0 Å². The molecule has 8 heteroatoms. The van der Waals surface area contributed by atoms with Crippen LogP contribution in [0.15, 0.2) is 30.3 Å². The molecule has 1 aliphatic heterocycles. The van der Waals surface area contributed by atoms with Crippen molar-refractivity contribution in [2.75, 3.05) is 11.5 Å². The maximum atomic E-state index is 13.7. The molecule has 0 unspecified atom stereocenters. The van der Waals surface area contributed by atoms with Crippen LogP contribution in [0.1, 0.15) is 79.4 Å². The highest BCUT2D eigenvalue weighted by Crippen LogP contribution is 2.33. The van der Waals surface area contributed by atoms with Crippen molar-refractivity contribution in [3.8, 4) is 0 Å². The van der Waals surface area contributed by atoms with Gasteiger partial charge >= 0.3 is 5.97 Å². The first-order valence-corrected chi connectivity index (χ1v) is 11.9. The number of benzene rings is 1. The largest absolute Gasteiger partial charge is 0.461 e. The van der Waals surface area contributed by atoms with Crippen molar-refractivity contribution in [2.45, 2.75) is 77.4 Å². The third kappa shape index (κ3) is 4.38. The maximum Gasteiger partial charge on any atom is 0.358 e. The van der Waals surface area contributed by atoms with Gasteiger partial charge in [-0.15, -0.1) is 0 Å². The average Bonchev–Trinajstić information content (AvgIpc) is 3.24. The van der Waals surface area contributed by atoms with Crippen molar-refractivity contribution in [3.05, 3.63) is 47.3 Å². The predicted octanol–water partition coefficient (Wildman–Crippen LogP) is 3.49. The van der Waals surface area contributed by atoms with Gasteiger partial charge in [-0.3, -0.25) is 19.2 Å². The normalized spacial score (nSPS) is 20.9. The fourth-order valence-corrected chi connectivity index (χ4v) is 4.76.